The zero-order valence-electron chi connectivity index (χ0n) is 10.9. The normalized spacial score (nSPS) is 11.7. The van der Waals surface area contributed by atoms with E-state index in [1.807, 2.05) is 0 Å². The lowest BCUT2D eigenvalue weighted by molar-refractivity contribution is 0.626. The van der Waals surface area contributed by atoms with Gasteiger partial charge in [0.1, 0.15) is 5.82 Å². The van der Waals surface area contributed by atoms with Gasteiger partial charge in [-0.25, -0.2) is 10.2 Å². The number of aliphatic imine (C=N–C) groups is 1. The predicted octanol–water partition coefficient (Wildman–Crippen LogP) is 1.43. The summed E-state index contributed by atoms with van der Waals surface area (Å²) in [6, 6.07) is 6.48. The van der Waals surface area contributed by atoms with E-state index in [-0.39, 0.29) is 5.82 Å². The Morgan fingerprint density at radius 2 is 2.00 bits per heavy atom. The largest absolute Gasteiger partial charge is 0.355 e. The quantitative estimate of drug-likeness (QED) is 0.321. The molecule has 0 aliphatic heterocycles. The summed E-state index contributed by atoms with van der Waals surface area (Å²) in [6.45, 7) is 5.61. The van der Waals surface area contributed by atoms with Gasteiger partial charge in [0.15, 0.2) is 0 Å². The van der Waals surface area contributed by atoms with Crippen LogP contribution in [0.4, 0.5) is 4.39 Å². The van der Waals surface area contributed by atoms with Crippen LogP contribution in [-0.4, -0.2) is 19.0 Å². The van der Waals surface area contributed by atoms with Crippen molar-refractivity contribution in [1.82, 2.24) is 10.7 Å². The van der Waals surface area contributed by atoms with Crippen molar-refractivity contribution in [2.45, 2.75) is 20.3 Å². The van der Waals surface area contributed by atoms with Crippen molar-refractivity contribution in [3.05, 3.63) is 35.6 Å². The predicted molar refractivity (Wildman–Crippen MR) is 72.6 cm³/mol. The molecule has 0 atom stereocenters. The summed E-state index contributed by atoms with van der Waals surface area (Å²) >= 11 is 0. The third-order valence-electron chi connectivity index (χ3n) is 2.37. The van der Waals surface area contributed by atoms with Gasteiger partial charge in [-0.05, 0) is 30.0 Å². The van der Waals surface area contributed by atoms with Crippen LogP contribution < -0.4 is 16.6 Å². The highest BCUT2D eigenvalue weighted by Gasteiger charge is 1.98. The second kappa shape index (κ2) is 7.66. The highest BCUT2D eigenvalue weighted by Crippen LogP contribution is 2.02. The Balaban J connectivity index is 2.35. The number of rotatable bonds is 5. The topological polar surface area (TPSA) is 62.4 Å². The van der Waals surface area contributed by atoms with E-state index in [0.717, 1.165) is 18.5 Å². The minimum Gasteiger partial charge on any atom is -0.355 e. The van der Waals surface area contributed by atoms with Gasteiger partial charge in [-0.3, -0.25) is 10.4 Å². The molecule has 100 valence electrons. The summed E-state index contributed by atoms with van der Waals surface area (Å²) in [5.41, 5.74) is 3.60. The van der Waals surface area contributed by atoms with Gasteiger partial charge in [-0.15, -0.1) is 0 Å². The molecule has 0 amide bonds. The Bertz CT molecular complexity index is 373. The molecule has 1 aromatic rings. The summed E-state index contributed by atoms with van der Waals surface area (Å²) in [7, 11) is 0. The summed E-state index contributed by atoms with van der Waals surface area (Å²) < 4.78 is 12.7. The van der Waals surface area contributed by atoms with Crippen molar-refractivity contribution >= 4 is 5.96 Å². The third-order valence-corrected chi connectivity index (χ3v) is 2.37. The molecule has 0 spiro atoms. The SMILES string of the molecule is CC(C)CN=C(NN)NCCc1ccc(F)cc1. The summed E-state index contributed by atoms with van der Waals surface area (Å²) in [5.74, 6) is 6.23. The number of nitrogens with zero attached hydrogens (tertiary/aromatic N) is 1. The molecule has 0 aromatic heterocycles. The molecule has 4 N–H and O–H groups in total. The average Bonchev–Trinajstić information content (AvgIpc) is 2.35. The molecule has 0 heterocycles. The second-order valence-corrected chi connectivity index (χ2v) is 4.53. The van der Waals surface area contributed by atoms with Crippen molar-refractivity contribution in [2.75, 3.05) is 13.1 Å². The van der Waals surface area contributed by atoms with E-state index in [1.165, 1.54) is 12.1 Å². The summed E-state index contributed by atoms with van der Waals surface area (Å²) in [4.78, 5) is 4.30. The first-order valence-electron chi connectivity index (χ1n) is 6.11. The third kappa shape index (κ3) is 5.63. The van der Waals surface area contributed by atoms with E-state index in [2.05, 4.69) is 29.6 Å². The lowest BCUT2D eigenvalue weighted by atomic mass is 10.1. The van der Waals surface area contributed by atoms with Crippen LogP contribution >= 0.6 is 0 Å². The first kappa shape index (κ1) is 14.4. The van der Waals surface area contributed by atoms with Crippen molar-refractivity contribution < 1.29 is 4.39 Å². The molecule has 18 heavy (non-hydrogen) atoms. The number of benzene rings is 1. The fraction of sp³-hybridized carbons (Fsp3) is 0.462. The van der Waals surface area contributed by atoms with E-state index in [1.54, 1.807) is 12.1 Å². The van der Waals surface area contributed by atoms with Crippen LogP contribution in [0.25, 0.3) is 0 Å². The fourth-order valence-corrected chi connectivity index (χ4v) is 1.40. The van der Waals surface area contributed by atoms with E-state index in [0.29, 0.717) is 18.4 Å². The molecule has 0 fully saturated rings. The molecule has 0 radical (unpaired) electrons. The number of hydrogen-bond donors (Lipinski definition) is 3. The van der Waals surface area contributed by atoms with Crippen LogP contribution in [-0.2, 0) is 6.42 Å². The number of nitrogens with one attached hydrogen (secondary N) is 2. The van der Waals surface area contributed by atoms with Crippen molar-refractivity contribution in [3.8, 4) is 0 Å². The zero-order valence-corrected chi connectivity index (χ0v) is 10.9. The maximum absolute atomic E-state index is 12.7. The van der Waals surface area contributed by atoms with Crippen LogP contribution in [0.1, 0.15) is 19.4 Å². The Morgan fingerprint density at radius 3 is 2.56 bits per heavy atom. The van der Waals surface area contributed by atoms with Gasteiger partial charge in [-0.2, -0.15) is 0 Å². The highest BCUT2D eigenvalue weighted by atomic mass is 19.1. The smallest absolute Gasteiger partial charge is 0.205 e. The van der Waals surface area contributed by atoms with Crippen LogP contribution in [0.2, 0.25) is 0 Å². The standard InChI is InChI=1S/C13H21FN4/c1-10(2)9-17-13(18-15)16-8-7-11-3-5-12(14)6-4-11/h3-6,10H,7-9,15H2,1-2H3,(H2,16,17,18). The Morgan fingerprint density at radius 1 is 1.33 bits per heavy atom. The summed E-state index contributed by atoms with van der Waals surface area (Å²) in [5, 5.41) is 3.11. The lowest BCUT2D eigenvalue weighted by Crippen LogP contribution is -2.42. The van der Waals surface area contributed by atoms with E-state index in [9.17, 15) is 4.39 Å². The van der Waals surface area contributed by atoms with Gasteiger partial charge in [0.2, 0.25) is 5.96 Å². The molecule has 4 nitrogen and oxygen atoms in total. The van der Waals surface area contributed by atoms with E-state index in [4.69, 9.17) is 5.84 Å². The fourth-order valence-electron chi connectivity index (χ4n) is 1.40. The molecule has 0 bridgehead atoms. The second-order valence-electron chi connectivity index (χ2n) is 4.53. The minimum absolute atomic E-state index is 0.213. The molecule has 0 aliphatic carbocycles. The number of halogens is 1. The van der Waals surface area contributed by atoms with Gasteiger partial charge in [0.05, 0.1) is 0 Å². The maximum atomic E-state index is 12.7. The lowest BCUT2D eigenvalue weighted by Gasteiger charge is -2.10. The Labute approximate surface area is 107 Å². The average molecular weight is 252 g/mol. The van der Waals surface area contributed by atoms with Crippen molar-refractivity contribution in [3.63, 3.8) is 0 Å². The molecule has 0 saturated carbocycles. The Hall–Kier alpha value is -1.62. The molecule has 0 aliphatic rings. The summed E-state index contributed by atoms with van der Waals surface area (Å²) in [6.07, 6.45) is 0.794. The van der Waals surface area contributed by atoms with Crippen LogP contribution in [0.15, 0.2) is 29.3 Å². The van der Waals surface area contributed by atoms with Gasteiger partial charge in [-0.1, -0.05) is 26.0 Å². The Kier molecular flexibility index (Phi) is 6.14. The van der Waals surface area contributed by atoms with E-state index >= 15 is 0 Å². The number of hydrazine groups is 1. The monoisotopic (exact) mass is 252 g/mol. The van der Waals surface area contributed by atoms with Gasteiger partial charge in [0, 0.05) is 13.1 Å². The van der Waals surface area contributed by atoms with Crippen LogP contribution in [0.3, 0.4) is 0 Å². The minimum atomic E-state index is -0.213. The zero-order chi connectivity index (χ0) is 13.4. The maximum Gasteiger partial charge on any atom is 0.205 e. The van der Waals surface area contributed by atoms with Crippen molar-refractivity contribution in [2.24, 2.45) is 16.8 Å². The molecule has 1 rings (SSSR count). The van der Waals surface area contributed by atoms with Gasteiger partial charge in [0.25, 0.3) is 0 Å². The van der Waals surface area contributed by atoms with Crippen LogP contribution in [0.5, 0.6) is 0 Å². The molecule has 0 unspecified atom stereocenters. The van der Waals surface area contributed by atoms with E-state index < -0.39 is 0 Å². The number of guanidine groups is 1. The molecular weight excluding hydrogens is 231 g/mol. The number of hydrogen-bond acceptors (Lipinski definition) is 2. The van der Waals surface area contributed by atoms with Gasteiger partial charge >= 0.3 is 0 Å². The van der Waals surface area contributed by atoms with Crippen LogP contribution in [0, 0.1) is 11.7 Å². The molecule has 0 saturated heterocycles. The first-order valence-corrected chi connectivity index (χ1v) is 6.11. The van der Waals surface area contributed by atoms with Crippen molar-refractivity contribution in [1.29, 1.82) is 0 Å². The molecule has 1 aromatic carbocycles. The molecule has 5 heteroatoms. The number of nitrogens with two attached hydrogens (primary N) is 1. The molecular formula is C13H21FN4. The first-order chi connectivity index (χ1) is 8.61. The van der Waals surface area contributed by atoms with Gasteiger partial charge < -0.3 is 5.32 Å². The highest BCUT2D eigenvalue weighted by molar-refractivity contribution is 5.79.